The van der Waals surface area contributed by atoms with Gasteiger partial charge in [0.05, 0.1) is 17.5 Å². The normalized spacial score (nSPS) is 31.8. The van der Waals surface area contributed by atoms with E-state index in [1.807, 2.05) is 28.8 Å². The highest BCUT2D eigenvalue weighted by Crippen LogP contribution is 2.47. The number of aliphatic carboxylic acids is 1. The molecule has 0 amide bonds. The van der Waals surface area contributed by atoms with E-state index in [-0.39, 0.29) is 30.1 Å². The highest BCUT2D eigenvalue weighted by atomic mass is 16.6. The molecule has 4 fully saturated rings. The van der Waals surface area contributed by atoms with Gasteiger partial charge in [-0.05, 0) is 68.9 Å². The van der Waals surface area contributed by atoms with Crippen molar-refractivity contribution in [2.75, 3.05) is 7.11 Å². The summed E-state index contributed by atoms with van der Waals surface area (Å²) in [4.78, 5) is 38.0. The number of rotatable bonds is 7. The maximum absolute atomic E-state index is 14.1. The Morgan fingerprint density at radius 1 is 0.947 bits per heavy atom. The summed E-state index contributed by atoms with van der Waals surface area (Å²) in [6.07, 6.45) is 14.0. The summed E-state index contributed by atoms with van der Waals surface area (Å²) in [6, 6.07) is 9.62. The quantitative estimate of drug-likeness (QED) is 0.401. The SMILES string of the molecule is CON=C(CCC(=O)O)c1nc2ccccc2n(C2C[C@H]3CCC[C@@H](C2)N3C2C[C@H]3CCC[C@@H](C2)C3)c1=O. The molecule has 4 bridgehead atoms. The second kappa shape index (κ2) is 10.8. The molecule has 4 aliphatic rings. The maximum Gasteiger partial charge on any atom is 0.303 e. The molecule has 2 aromatic rings. The fourth-order valence-electron chi connectivity index (χ4n) is 8.38. The second-order valence-electron chi connectivity index (χ2n) is 12.1. The molecule has 2 saturated carbocycles. The summed E-state index contributed by atoms with van der Waals surface area (Å²) < 4.78 is 1.96. The number of para-hydroxylation sites is 2. The number of carbonyl (C=O) groups is 1. The summed E-state index contributed by atoms with van der Waals surface area (Å²) in [5.41, 5.74) is 1.90. The lowest BCUT2D eigenvalue weighted by Gasteiger charge is -2.55. The van der Waals surface area contributed by atoms with Gasteiger partial charge in [0.2, 0.25) is 0 Å². The van der Waals surface area contributed by atoms with Gasteiger partial charge in [-0.25, -0.2) is 4.98 Å². The average Bonchev–Trinajstić information content (AvgIpc) is 2.90. The van der Waals surface area contributed by atoms with E-state index in [1.54, 1.807) is 0 Å². The smallest absolute Gasteiger partial charge is 0.303 e. The molecule has 38 heavy (non-hydrogen) atoms. The fourth-order valence-corrected chi connectivity index (χ4v) is 8.38. The number of benzene rings is 1. The van der Waals surface area contributed by atoms with Gasteiger partial charge in [-0.2, -0.15) is 0 Å². The Kier molecular flexibility index (Phi) is 7.25. The largest absolute Gasteiger partial charge is 0.481 e. The van der Waals surface area contributed by atoms with E-state index < -0.39 is 5.97 Å². The molecule has 8 heteroatoms. The molecule has 2 saturated heterocycles. The second-order valence-corrected chi connectivity index (χ2v) is 12.1. The van der Waals surface area contributed by atoms with E-state index in [4.69, 9.17) is 4.84 Å². The van der Waals surface area contributed by atoms with E-state index >= 15 is 0 Å². The van der Waals surface area contributed by atoms with Crippen molar-refractivity contribution in [3.8, 4) is 0 Å². The first kappa shape index (κ1) is 25.5. The van der Waals surface area contributed by atoms with Gasteiger partial charge in [0.15, 0.2) is 5.69 Å². The molecule has 1 aromatic heterocycles. The van der Waals surface area contributed by atoms with Crippen LogP contribution >= 0.6 is 0 Å². The number of carboxylic acids is 1. The van der Waals surface area contributed by atoms with Crippen molar-refractivity contribution in [3.63, 3.8) is 0 Å². The van der Waals surface area contributed by atoms with Crippen LogP contribution in [0.4, 0.5) is 0 Å². The highest BCUT2D eigenvalue weighted by molar-refractivity contribution is 6.00. The Morgan fingerprint density at radius 2 is 1.63 bits per heavy atom. The third-order valence-corrected chi connectivity index (χ3v) is 9.74. The third kappa shape index (κ3) is 4.88. The van der Waals surface area contributed by atoms with Crippen LogP contribution in [0.15, 0.2) is 34.2 Å². The predicted molar refractivity (Wildman–Crippen MR) is 146 cm³/mol. The van der Waals surface area contributed by atoms with Crippen LogP contribution in [0.1, 0.15) is 95.2 Å². The zero-order valence-electron chi connectivity index (χ0n) is 22.4. The van der Waals surface area contributed by atoms with Gasteiger partial charge in [0.1, 0.15) is 12.8 Å². The zero-order chi connectivity index (χ0) is 26.2. The number of fused-ring (bicyclic) bond motifs is 5. The van der Waals surface area contributed by atoms with Crippen molar-refractivity contribution < 1.29 is 14.7 Å². The van der Waals surface area contributed by atoms with Gasteiger partial charge in [-0.15, -0.1) is 0 Å². The topological polar surface area (TPSA) is 97.0 Å². The molecule has 6 atom stereocenters. The molecule has 2 unspecified atom stereocenters. The Labute approximate surface area is 224 Å². The van der Waals surface area contributed by atoms with Gasteiger partial charge < -0.3 is 14.5 Å². The monoisotopic (exact) mass is 520 g/mol. The van der Waals surface area contributed by atoms with E-state index in [2.05, 4.69) is 15.0 Å². The molecule has 2 aliphatic heterocycles. The van der Waals surface area contributed by atoms with Crippen LogP contribution in [0.3, 0.4) is 0 Å². The van der Waals surface area contributed by atoms with Gasteiger partial charge in [-0.3, -0.25) is 14.5 Å². The minimum Gasteiger partial charge on any atom is -0.481 e. The van der Waals surface area contributed by atoms with E-state index in [0.717, 1.165) is 35.7 Å². The molecule has 0 spiro atoms. The Bertz CT molecular complexity index is 1250. The summed E-state index contributed by atoms with van der Waals surface area (Å²) in [6.45, 7) is 0. The number of hydrogen-bond donors (Lipinski definition) is 1. The predicted octanol–water partition coefficient (Wildman–Crippen LogP) is 5.14. The van der Waals surface area contributed by atoms with Crippen molar-refractivity contribution in [3.05, 3.63) is 40.3 Å². The van der Waals surface area contributed by atoms with E-state index in [1.165, 1.54) is 64.9 Å². The van der Waals surface area contributed by atoms with Crippen molar-refractivity contribution in [2.24, 2.45) is 17.0 Å². The van der Waals surface area contributed by atoms with Crippen molar-refractivity contribution >= 4 is 22.7 Å². The van der Waals surface area contributed by atoms with Crippen LogP contribution in [0.25, 0.3) is 11.0 Å². The summed E-state index contributed by atoms with van der Waals surface area (Å²) in [5, 5.41) is 13.3. The summed E-state index contributed by atoms with van der Waals surface area (Å²) in [7, 11) is 1.41. The third-order valence-electron chi connectivity index (χ3n) is 9.74. The number of carboxylic acid groups (broad SMARTS) is 1. The lowest BCUT2D eigenvalue weighted by atomic mass is 9.68. The lowest BCUT2D eigenvalue weighted by molar-refractivity contribution is -0.136. The minimum atomic E-state index is -0.943. The minimum absolute atomic E-state index is 0.0899. The summed E-state index contributed by atoms with van der Waals surface area (Å²) in [5.74, 6) is 0.871. The Balaban J connectivity index is 1.35. The Morgan fingerprint density at radius 3 is 2.32 bits per heavy atom. The van der Waals surface area contributed by atoms with Gasteiger partial charge >= 0.3 is 5.97 Å². The molecular weight excluding hydrogens is 480 g/mol. The van der Waals surface area contributed by atoms with Crippen LogP contribution in [0.5, 0.6) is 0 Å². The Hall–Kier alpha value is -2.74. The van der Waals surface area contributed by atoms with Crippen molar-refractivity contribution in [2.45, 2.75) is 108 Å². The molecule has 2 aliphatic carbocycles. The van der Waals surface area contributed by atoms with Crippen LogP contribution in [-0.2, 0) is 9.63 Å². The van der Waals surface area contributed by atoms with Gasteiger partial charge in [0.25, 0.3) is 5.56 Å². The first-order valence-corrected chi connectivity index (χ1v) is 14.6. The molecule has 1 aromatic carbocycles. The molecule has 0 radical (unpaired) electrons. The van der Waals surface area contributed by atoms with Crippen molar-refractivity contribution in [1.82, 2.24) is 14.5 Å². The number of aromatic nitrogens is 2. The van der Waals surface area contributed by atoms with Crippen molar-refractivity contribution in [1.29, 1.82) is 0 Å². The van der Waals surface area contributed by atoms with Gasteiger partial charge in [-0.1, -0.05) is 43.0 Å². The molecule has 6 rings (SSSR count). The van der Waals surface area contributed by atoms with Crippen LogP contribution in [0.2, 0.25) is 0 Å². The molecule has 204 valence electrons. The van der Waals surface area contributed by atoms with Gasteiger partial charge in [0, 0.05) is 30.6 Å². The number of piperidine rings is 2. The standard InChI is InChI=1S/C30H40N4O4/c1-38-32-26(12-13-28(35)36)29-30(37)34(27-11-3-2-10-25(27)31-29)24-17-21-8-5-9-22(18-24)33(21)23-15-19-6-4-7-20(14-19)16-23/h2-3,10-11,19-24H,4-9,12-18H2,1H3,(H,35,36)/t19-,20+,21-,22+,23?,24?. The molecule has 3 heterocycles. The fraction of sp³-hybridized carbons (Fsp3) is 0.667. The van der Waals surface area contributed by atoms with E-state index in [0.29, 0.717) is 23.8 Å². The lowest BCUT2D eigenvalue weighted by Crippen LogP contribution is -2.58. The molecule has 8 nitrogen and oxygen atoms in total. The molecular formula is C30H40N4O4. The summed E-state index contributed by atoms with van der Waals surface area (Å²) >= 11 is 0. The van der Waals surface area contributed by atoms with E-state index in [9.17, 15) is 14.7 Å². The molecule has 1 N–H and O–H groups in total. The zero-order valence-corrected chi connectivity index (χ0v) is 22.4. The maximum atomic E-state index is 14.1. The van der Waals surface area contributed by atoms with Crippen LogP contribution in [-0.4, -0.2) is 56.5 Å². The number of hydrogen-bond acceptors (Lipinski definition) is 6. The average molecular weight is 521 g/mol. The number of oxime groups is 1. The number of nitrogens with zero attached hydrogens (tertiary/aromatic N) is 4. The van der Waals surface area contributed by atoms with Crippen LogP contribution in [0, 0.1) is 11.8 Å². The first-order valence-electron chi connectivity index (χ1n) is 14.6. The first-order chi connectivity index (χ1) is 18.5. The van der Waals surface area contributed by atoms with Crippen LogP contribution < -0.4 is 5.56 Å². The highest BCUT2D eigenvalue weighted by Gasteiger charge is 2.45.